The Labute approximate surface area is 113 Å². The molecule has 1 saturated carbocycles. The van der Waals surface area contributed by atoms with Gasteiger partial charge in [-0.1, -0.05) is 24.4 Å². The third-order valence-electron chi connectivity index (χ3n) is 4.30. The summed E-state index contributed by atoms with van der Waals surface area (Å²) in [7, 11) is 0. The van der Waals surface area contributed by atoms with Gasteiger partial charge in [-0.15, -0.1) is 0 Å². The number of nitrogens with zero attached hydrogens (tertiary/aromatic N) is 2. The lowest BCUT2D eigenvalue weighted by Gasteiger charge is -2.16. The first-order valence-electron chi connectivity index (χ1n) is 7.52. The molecule has 3 atom stereocenters. The van der Waals surface area contributed by atoms with Crippen molar-refractivity contribution in [1.82, 2.24) is 10.1 Å². The molecule has 0 radical (unpaired) electrons. The van der Waals surface area contributed by atoms with Crippen LogP contribution in [0.1, 0.15) is 62.6 Å². The van der Waals surface area contributed by atoms with E-state index in [4.69, 9.17) is 15.0 Å². The van der Waals surface area contributed by atoms with Gasteiger partial charge in [-0.3, -0.25) is 0 Å². The van der Waals surface area contributed by atoms with Crippen LogP contribution in [0.2, 0.25) is 0 Å². The molecule has 3 rings (SSSR count). The Hall–Kier alpha value is -0.940. The molecule has 3 unspecified atom stereocenters. The van der Waals surface area contributed by atoms with Crippen molar-refractivity contribution < 1.29 is 9.26 Å². The summed E-state index contributed by atoms with van der Waals surface area (Å²) >= 11 is 0. The Bertz CT molecular complexity index is 401. The molecular weight excluding hydrogens is 242 g/mol. The molecule has 0 spiro atoms. The van der Waals surface area contributed by atoms with Gasteiger partial charge in [0.1, 0.15) is 0 Å². The summed E-state index contributed by atoms with van der Waals surface area (Å²) in [6.45, 7) is 0.864. The zero-order chi connectivity index (χ0) is 13.1. The van der Waals surface area contributed by atoms with E-state index in [0.29, 0.717) is 0 Å². The number of nitrogens with two attached hydrogens (primary N) is 1. The molecule has 1 aromatic rings. The molecule has 1 saturated heterocycles. The van der Waals surface area contributed by atoms with E-state index in [9.17, 15) is 0 Å². The highest BCUT2D eigenvalue weighted by atomic mass is 16.5. The van der Waals surface area contributed by atoms with Crippen molar-refractivity contribution in [2.24, 2.45) is 5.73 Å². The number of aromatic nitrogens is 2. The topological polar surface area (TPSA) is 74.2 Å². The second kappa shape index (κ2) is 6.01. The molecular formula is C14H23N3O2. The first-order valence-corrected chi connectivity index (χ1v) is 7.52. The Morgan fingerprint density at radius 3 is 2.84 bits per heavy atom. The van der Waals surface area contributed by atoms with Crippen LogP contribution in [-0.2, 0) is 11.2 Å². The minimum Gasteiger partial charge on any atom is -0.378 e. The van der Waals surface area contributed by atoms with Crippen LogP contribution in [0.4, 0.5) is 0 Å². The predicted octanol–water partition coefficient (Wildman–Crippen LogP) is 2.17. The lowest BCUT2D eigenvalue weighted by Crippen LogP contribution is -2.27. The summed E-state index contributed by atoms with van der Waals surface area (Å²) in [5.74, 6) is 1.76. The summed E-state index contributed by atoms with van der Waals surface area (Å²) in [6.07, 6.45) is 9.11. The van der Waals surface area contributed by atoms with Gasteiger partial charge in [-0.05, 0) is 25.7 Å². The van der Waals surface area contributed by atoms with E-state index in [1.807, 2.05) is 0 Å². The first-order chi connectivity index (χ1) is 9.33. The van der Waals surface area contributed by atoms with Gasteiger partial charge in [0, 0.05) is 19.1 Å². The van der Waals surface area contributed by atoms with Crippen LogP contribution in [0.15, 0.2) is 4.52 Å². The highest BCUT2D eigenvalue weighted by Gasteiger charge is 2.28. The average Bonchev–Trinajstić information content (AvgIpc) is 3.02. The standard InChI is InChI=1S/C14H23N3O2/c15-12-7-3-1-2-6-11(12)14-16-13(17-19-14)9-10-5-4-8-18-10/h10-12H,1-9,15H2. The summed E-state index contributed by atoms with van der Waals surface area (Å²) in [5.41, 5.74) is 6.23. The largest absolute Gasteiger partial charge is 0.378 e. The van der Waals surface area contributed by atoms with Gasteiger partial charge < -0.3 is 15.0 Å². The fraction of sp³-hybridized carbons (Fsp3) is 0.857. The van der Waals surface area contributed by atoms with Crippen molar-refractivity contribution in [3.63, 3.8) is 0 Å². The molecule has 106 valence electrons. The van der Waals surface area contributed by atoms with Crippen LogP contribution in [0.5, 0.6) is 0 Å². The predicted molar refractivity (Wildman–Crippen MR) is 70.8 cm³/mol. The van der Waals surface area contributed by atoms with Crippen LogP contribution in [0.3, 0.4) is 0 Å². The van der Waals surface area contributed by atoms with Crippen molar-refractivity contribution >= 4 is 0 Å². The lowest BCUT2D eigenvalue weighted by molar-refractivity contribution is 0.109. The Morgan fingerprint density at radius 1 is 1.11 bits per heavy atom. The SMILES string of the molecule is NC1CCCCCC1c1nc(CC2CCCO2)no1. The highest BCUT2D eigenvalue weighted by molar-refractivity contribution is 5.00. The summed E-state index contributed by atoms with van der Waals surface area (Å²) in [6, 6.07) is 0.165. The monoisotopic (exact) mass is 265 g/mol. The van der Waals surface area contributed by atoms with Gasteiger partial charge in [0.25, 0.3) is 0 Å². The van der Waals surface area contributed by atoms with Gasteiger partial charge in [0.2, 0.25) is 5.89 Å². The third kappa shape index (κ3) is 3.15. The van der Waals surface area contributed by atoms with Crippen molar-refractivity contribution in [2.45, 2.75) is 69.4 Å². The molecule has 19 heavy (non-hydrogen) atoms. The second-order valence-electron chi connectivity index (χ2n) is 5.80. The molecule has 2 N–H and O–H groups in total. The summed E-state index contributed by atoms with van der Waals surface area (Å²) in [5, 5.41) is 4.10. The van der Waals surface area contributed by atoms with Crippen LogP contribution in [0.25, 0.3) is 0 Å². The van der Waals surface area contributed by atoms with Gasteiger partial charge >= 0.3 is 0 Å². The molecule has 1 aliphatic carbocycles. The van der Waals surface area contributed by atoms with E-state index >= 15 is 0 Å². The third-order valence-corrected chi connectivity index (χ3v) is 4.30. The van der Waals surface area contributed by atoms with Crippen LogP contribution in [-0.4, -0.2) is 28.9 Å². The molecule has 2 heterocycles. The van der Waals surface area contributed by atoms with E-state index in [1.165, 1.54) is 19.3 Å². The van der Waals surface area contributed by atoms with Crippen LogP contribution in [0, 0.1) is 0 Å². The van der Waals surface area contributed by atoms with Crippen molar-refractivity contribution in [2.75, 3.05) is 6.61 Å². The van der Waals surface area contributed by atoms with Crippen molar-refractivity contribution in [3.8, 4) is 0 Å². The Balaban J connectivity index is 1.65. The Morgan fingerprint density at radius 2 is 2.00 bits per heavy atom. The maximum Gasteiger partial charge on any atom is 0.231 e. The van der Waals surface area contributed by atoms with E-state index in [-0.39, 0.29) is 18.1 Å². The molecule has 2 fully saturated rings. The molecule has 1 aromatic heterocycles. The van der Waals surface area contributed by atoms with Gasteiger partial charge in [-0.25, -0.2) is 0 Å². The number of ether oxygens (including phenoxy) is 1. The lowest BCUT2D eigenvalue weighted by atomic mass is 9.95. The minimum atomic E-state index is 0.165. The van der Waals surface area contributed by atoms with Crippen molar-refractivity contribution in [3.05, 3.63) is 11.7 Å². The van der Waals surface area contributed by atoms with Crippen LogP contribution >= 0.6 is 0 Å². The molecule has 5 heteroatoms. The zero-order valence-corrected chi connectivity index (χ0v) is 11.4. The number of rotatable bonds is 3. The normalized spacial score (nSPS) is 32.4. The molecule has 5 nitrogen and oxygen atoms in total. The minimum absolute atomic E-state index is 0.165. The van der Waals surface area contributed by atoms with E-state index in [0.717, 1.165) is 50.4 Å². The van der Waals surface area contributed by atoms with Gasteiger partial charge in [-0.2, -0.15) is 4.98 Å². The fourth-order valence-electron chi connectivity index (χ4n) is 3.15. The van der Waals surface area contributed by atoms with Gasteiger partial charge in [0.05, 0.1) is 12.0 Å². The maximum absolute atomic E-state index is 6.23. The molecule has 0 amide bonds. The summed E-state index contributed by atoms with van der Waals surface area (Å²) in [4.78, 5) is 4.55. The number of hydrogen-bond donors (Lipinski definition) is 1. The highest BCUT2D eigenvalue weighted by Crippen LogP contribution is 2.30. The van der Waals surface area contributed by atoms with E-state index < -0.39 is 0 Å². The molecule has 1 aliphatic heterocycles. The second-order valence-corrected chi connectivity index (χ2v) is 5.80. The van der Waals surface area contributed by atoms with Crippen LogP contribution < -0.4 is 5.73 Å². The van der Waals surface area contributed by atoms with Gasteiger partial charge in [0.15, 0.2) is 5.82 Å². The van der Waals surface area contributed by atoms with E-state index in [2.05, 4.69) is 10.1 Å². The Kier molecular flexibility index (Phi) is 4.13. The smallest absolute Gasteiger partial charge is 0.231 e. The fourth-order valence-corrected chi connectivity index (χ4v) is 3.15. The number of hydrogen-bond acceptors (Lipinski definition) is 5. The maximum atomic E-state index is 6.23. The molecule has 0 bridgehead atoms. The first kappa shape index (κ1) is 13.1. The molecule has 2 aliphatic rings. The summed E-state index contributed by atoms with van der Waals surface area (Å²) < 4.78 is 11.1. The molecule has 0 aromatic carbocycles. The zero-order valence-electron chi connectivity index (χ0n) is 11.4. The van der Waals surface area contributed by atoms with E-state index in [1.54, 1.807) is 0 Å². The average molecular weight is 265 g/mol. The quantitative estimate of drug-likeness (QED) is 0.848. The van der Waals surface area contributed by atoms with Crippen molar-refractivity contribution in [1.29, 1.82) is 0 Å².